The molecular formula is C28H26N2O7. The summed E-state index contributed by atoms with van der Waals surface area (Å²) >= 11 is 0. The van der Waals surface area contributed by atoms with Crippen LogP contribution < -0.4 is 15.5 Å². The number of amides is 1. The van der Waals surface area contributed by atoms with Crippen LogP contribution in [-0.4, -0.2) is 39.9 Å². The van der Waals surface area contributed by atoms with Crippen molar-refractivity contribution < 1.29 is 29.3 Å². The molecule has 190 valence electrons. The summed E-state index contributed by atoms with van der Waals surface area (Å²) in [4.78, 5) is 26.4. The monoisotopic (exact) mass is 502 g/mol. The summed E-state index contributed by atoms with van der Waals surface area (Å²) in [7, 11) is 1.66. The fraction of sp³-hybridized carbons (Fsp3) is 0.143. The lowest BCUT2D eigenvalue weighted by Crippen LogP contribution is -2.22. The Kier molecular flexibility index (Phi) is 7.34. The number of phenols is 3. The molecule has 1 amide bonds. The zero-order valence-corrected chi connectivity index (χ0v) is 20.2. The van der Waals surface area contributed by atoms with Gasteiger partial charge in [-0.1, -0.05) is 12.1 Å². The van der Waals surface area contributed by atoms with Gasteiger partial charge in [0.2, 0.25) is 11.3 Å². The van der Waals surface area contributed by atoms with E-state index in [1.165, 1.54) is 36.9 Å². The molecule has 0 saturated carbocycles. The molecule has 9 nitrogen and oxygen atoms in total. The second kappa shape index (κ2) is 10.8. The summed E-state index contributed by atoms with van der Waals surface area (Å²) in [5.74, 6) is 0.414. The Hall–Kier alpha value is -4.92. The van der Waals surface area contributed by atoms with E-state index in [1.54, 1.807) is 19.2 Å². The number of aromatic hydroxyl groups is 3. The van der Waals surface area contributed by atoms with E-state index in [1.807, 2.05) is 24.4 Å². The first-order chi connectivity index (χ1) is 17.8. The molecule has 3 aromatic carbocycles. The maximum atomic E-state index is 12.4. The SMILES string of the molecule is COc1ccc2[nH]cc(CCNC(C)=O)c2c1.O=c1c(-c2ccc(O)cc2)coc2cc(O)cc(O)c12. The predicted octanol–water partition coefficient (Wildman–Crippen LogP) is 4.43. The lowest BCUT2D eigenvalue weighted by Gasteiger charge is -2.05. The van der Waals surface area contributed by atoms with Crippen LogP contribution in [0.4, 0.5) is 0 Å². The van der Waals surface area contributed by atoms with Crippen LogP contribution in [0.1, 0.15) is 12.5 Å². The van der Waals surface area contributed by atoms with E-state index in [4.69, 9.17) is 9.15 Å². The van der Waals surface area contributed by atoms with Crippen molar-refractivity contribution in [2.24, 2.45) is 0 Å². The van der Waals surface area contributed by atoms with E-state index in [0.717, 1.165) is 29.1 Å². The summed E-state index contributed by atoms with van der Waals surface area (Å²) in [5.41, 5.74) is 2.80. The summed E-state index contributed by atoms with van der Waals surface area (Å²) in [5, 5.41) is 32.4. The Morgan fingerprint density at radius 2 is 1.78 bits per heavy atom. The molecule has 0 spiro atoms. The predicted molar refractivity (Wildman–Crippen MR) is 140 cm³/mol. The number of aromatic amines is 1. The van der Waals surface area contributed by atoms with Crippen LogP contribution in [0.25, 0.3) is 33.0 Å². The van der Waals surface area contributed by atoms with E-state index in [0.29, 0.717) is 12.1 Å². The summed E-state index contributed by atoms with van der Waals surface area (Å²) < 4.78 is 10.5. The second-order valence-corrected chi connectivity index (χ2v) is 8.32. The van der Waals surface area contributed by atoms with Crippen molar-refractivity contribution in [3.05, 3.63) is 82.8 Å². The molecule has 0 aliphatic heterocycles. The molecule has 5 rings (SSSR count). The van der Waals surface area contributed by atoms with Gasteiger partial charge in [0.05, 0.1) is 12.7 Å². The van der Waals surface area contributed by atoms with Crippen LogP contribution >= 0.6 is 0 Å². The molecule has 5 aromatic rings. The van der Waals surface area contributed by atoms with Crippen LogP contribution in [-0.2, 0) is 11.2 Å². The first-order valence-electron chi connectivity index (χ1n) is 11.4. The minimum Gasteiger partial charge on any atom is -0.508 e. The van der Waals surface area contributed by atoms with E-state index in [2.05, 4.69) is 10.3 Å². The van der Waals surface area contributed by atoms with Gasteiger partial charge in [0, 0.05) is 42.7 Å². The number of carbonyl (C=O) groups is 1. The Morgan fingerprint density at radius 3 is 2.49 bits per heavy atom. The van der Waals surface area contributed by atoms with Gasteiger partial charge >= 0.3 is 0 Å². The zero-order chi connectivity index (χ0) is 26.5. The molecule has 0 fully saturated rings. The van der Waals surface area contributed by atoms with E-state index >= 15 is 0 Å². The number of hydrogen-bond acceptors (Lipinski definition) is 7. The van der Waals surface area contributed by atoms with Crippen LogP contribution in [0.5, 0.6) is 23.0 Å². The van der Waals surface area contributed by atoms with Gasteiger partial charge in [-0.2, -0.15) is 0 Å². The molecule has 37 heavy (non-hydrogen) atoms. The fourth-order valence-corrected chi connectivity index (χ4v) is 3.92. The normalized spacial score (nSPS) is 10.6. The second-order valence-electron chi connectivity index (χ2n) is 8.32. The number of rotatable bonds is 5. The number of nitrogens with one attached hydrogen (secondary N) is 2. The maximum absolute atomic E-state index is 12.4. The molecule has 2 heterocycles. The van der Waals surface area contributed by atoms with Crippen LogP contribution in [0.15, 0.2) is 76.3 Å². The lowest BCUT2D eigenvalue weighted by atomic mass is 10.0. The number of fused-ring (bicyclic) bond motifs is 2. The van der Waals surface area contributed by atoms with Crippen molar-refractivity contribution >= 4 is 27.8 Å². The first-order valence-corrected chi connectivity index (χ1v) is 11.4. The molecule has 0 unspecified atom stereocenters. The fourth-order valence-electron chi connectivity index (χ4n) is 3.92. The van der Waals surface area contributed by atoms with Gasteiger partial charge in [-0.25, -0.2) is 0 Å². The van der Waals surface area contributed by atoms with Crippen molar-refractivity contribution in [1.29, 1.82) is 0 Å². The molecule has 0 aliphatic rings. The first kappa shape index (κ1) is 25.2. The van der Waals surface area contributed by atoms with Gasteiger partial charge in [0.1, 0.15) is 40.2 Å². The number of H-pyrrole nitrogens is 1. The van der Waals surface area contributed by atoms with E-state index < -0.39 is 5.43 Å². The lowest BCUT2D eigenvalue weighted by molar-refractivity contribution is -0.118. The minimum absolute atomic E-state index is 0.00224. The van der Waals surface area contributed by atoms with Gasteiger partial charge in [-0.05, 0) is 47.9 Å². The summed E-state index contributed by atoms with van der Waals surface area (Å²) in [6.45, 7) is 2.18. The molecule has 0 radical (unpaired) electrons. The van der Waals surface area contributed by atoms with Crippen molar-refractivity contribution in [3.63, 3.8) is 0 Å². The third kappa shape index (κ3) is 5.67. The standard InChI is InChI=1S/C15H10O5.C13H16N2O2/c16-9-3-1-8(2-4-9)11-7-20-13-6-10(17)5-12(18)14(13)15(11)19;1-9(16)14-6-5-10-8-15-13-4-3-11(17-2)7-12(10)13/h1-7,16-18H;3-4,7-8,15H,5-6H2,1-2H3,(H,14,16). The van der Waals surface area contributed by atoms with Crippen molar-refractivity contribution in [2.45, 2.75) is 13.3 Å². The third-order valence-corrected chi connectivity index (χ3v) is 5.76. The van der Waals surface area contributed by atoms with Gasteiger partial charge < -0.3 is 34.8 Å². The number of benzene rings is 3. The molecule has 0 aliphatic carbocycles. The minimum atomic E-state index is -0.408. The average molecular weight is 503 g/mol. The number of hydrogen-bond donors (Lipinski definition) is 5. The van der Waals surface area contributed by atoms with Crippen LogP contribution in [0, 0.1) is 0 Å². The number of aromatic nitrogens is 1. The molecule has 0 bridgehead atoms. The number of ether oxygens (including phenoxy) is 1. The van der Waals surface area contributed by atoms with Gasteiger partial charge in [0.15, 0.2) is 0 Å². The summed E-state index contributed by atoms with van der Waals surface area (Å²) in [6, 6.07) is 14.3. The van der Waals surface area contributed by atoms with Crippen molar-refractivity contribution in [2.75, 3.05) is 13.7 Å². The van der Waals surface area contributed by atoms with Gasteiger partial charge in [-0.3, -0.25) is 9.59 Å². The largest absolute Gasteiger partial charge is 0.508 e. The highest BCUT2D eigenvalue weighted by atomic mass is 16.5. The Bertz CT molecular complexity index is 1620. The van der Waals surface area contributed by atoms with E-state index in [9.17, 15) is 24.9 Å². The third-order valence-electron chi connectivity index (χ3n) is 5.76. The van der Waals surface area contributed by atoms with Gasteiger partial charge in [0.25, 0.3) is 0 Å². The molecule has 0 atom stereocenters. The zero-order valence-electron chi connectivity index (χ0n) is 20.2. The Labute approximate surface area is 211 Å². The highest BCUT2D eigenvalue weighted by Gasteiger charge is 2.13. The van der Waals surface area contributed by atoms with Crippen molar-refractivity contribution in [3.8, 4) is 34.1 Å². The summed E-state index contributed by atoms with van der Waals surface area (Å²) in [6.07, 6.45) is 4.05. The number of phenolic OH excluding ortho intramolecular Hbond substituents is 3. The Morgan fingerprint density at radius 1 is 1.03 bits per heavy atom. The average Bonchev–Trinajstić information content (AvgIpc) is 3.27. The Balaban J connectivity index is 0.000000176. The highest BCUT2D eigenvalue weighted by Crippen LogP contribution is 2.30. The number of carbonyl (C=O) groups excluding carboxylic acids is 1. The number of methoxy groups -OCH3 is 1. The molecule has 0 saturated heterocycles. The van der Waals surface area contributed by atoms with Gasteiger partial charge in [-0.15, -0.1) is 0 Å². The molecule has 9 heteroatoms. The van der Waals surface area contributed by atoms with Crippen molar-refractivity contribution in [1.82, 2.24) is 10.3 Å². The molecule has 2 aromatic heterocycles. The topological polar surface area (TPSA) is 145 Å². The van der Waals surface area contributed by atoms with E-state index in [-0.39, 0.29) is 39.7 Å². The molecule has 5 N–H and O–H groups in total. The maximum Gasteiger partial charge on any atom is 0.216 e. The van der Waals surface area contributed by atoms with Crippen LogP contribution in [0.3, 0.4) is 0 Å². The quantitative estimate of drug-likeness (QED) is 0.239. The van der Waals surface area contributed by atoms with Crippen LogP contribution in [0.2, 0.25) is 0 Å². The molecular weight excluding hydrogens is 476 g/mol. The highest BCUT2D eigenvalue weighted by molar-refractivity contribution is 5.88. The smallest absolute Gasteiger partial charge is 0.216 e.